The van der Waals surface area contributed by atoms with E-state index in [0.29, 0.717) is 35.6 Å². The molecule has 0 heterocycles. The van der Waals surface area contributed by atoms with Crippen LogP contribution in [0.2, 0.25) is 0 Å². The minimum atomic E-state index is -2.00. The number of allylic oxidation sites excluding steroid dienone is 4. The van der Waals surface area contributed by atoms with Crippen LogP contribution < -0.4 is 9.79 Å². The Labute approximate surface area is 148 Å². The minimum absolute atomic E-state index is 0.452. The summed E-state index contributed by atoms with van der Waals surface area (Å²) >= 11 is 0. The second kappa shape index (κ2) is 12.1. The van der Waals surface area contributed by atoms with Crippen molar-refractivity contribution in [2.24, 2.45) is 11.8 Å². The Hall–Kier alpha value is -0.340. The maximum Gasteiger partial charge on any atom is 0.233 e. The van der Waals surface area contributed by atoms with Crippen LogP contribution in [0.5, 0.6) is 0 Å². The van der Waals surface area contributed by atoms with E-state index in [1.165, 1.54) is 0 Å². The molecule has 1 rings (SSSR count). The molecule has 0 saturated carbocycles. The van der Waals surface area contributed by atoms with E-state index in [4.69, 9.17) is 9.05 Å². The second-order valence-electron chi connectivity index (χ2n) is 6.74. The van der Waals surface area contributed by atoms with Gasteiger partial charge in [-0.15, -0.1) is 0 Å². The predicted molar refractivity (Wildman–Crippen MR) is 102 cm³/mol. The van der Waals surface area contributed by atoms with Crippen molar-refractivity contribution in [3.63, 3.8) is 0 Å². The lowest BCUT2D eigenvalue weighted by Gasteiger charge is -2.08. The van der Waals surface area contributed by atoms with Crippen molar-refractivity contribution in [3.8, 4) is 0 Å². The largest absolute Gasteiger partial charge is 0.602 e. The van der Waals surface area contributed by atoms with Crippen LogP contribution in [0, 0.1) is 11.8 Å². The molecule has 0 aromatic heterocycles. The molecule has 0 radical (unpaired) electrons. The van der Waals surface area contributed by atoms with Crippen molar-refractivity contribution in [2.45, 2.75) is 53.4 Å². The Morgan fingerprint density at radius 3 is 1.50 bits per heavy atom. The average Bonchev–Trinajstić information content (AvgIpc) is 2.54. The molecule has 24 heavy (non-hydrogen) atoms. The van der Waals surface area contributed by atoms with Gasteiger partial charge in [-0.1, -0.05) is 39.8 Å². The molecule has 4 nitrogen and oxygen atoms in total. The molecule has 2 atom stereocenters. The van der Waals surface area contributed by atoms with Gasteiger partial charge in [0.05, 0.1) is 13.2 Å². The maximum absolute atomic E-state index is 12.4. The van der Waals surface area contributed by atoms with Crippen LogP contribution in [0.4, 0.5) is 0 Å². The fourth-order valence-corrected chi connectivity index (χ4v) is 4.49. The van der Waals surface area contributed by atoms with Crippen LogP contribution in [0.25, 0.3) is 0 Å². The highest BCUT2D eigenvalue weighted by atomic mass is 31.1. The van der Waals surface area contributed by atoms with Crippen molar-refractivity contribution in [1.82, 2.24) is 0 Å². The van der Waals surface area contributed by atoms with Crippen LogP contribution in [0.15, 0.2) is 24.3 Å². The number of hydrogen-bond acceptors (Lipinski definition) is 4. The van der Waals surface area contributed by atoms with Crippen molar-refractivity contribution in [3.05, 3.63) is 24.3 Å². The highest BCUT2D eigenvalue weighted by Crippen LogP contribution is 2.27. The van der Waals surface area contributed by atoms with E-state index in [9.17, 15) is 9.79 Å². The molecule has 1 aliphatic carbocycles. The first kappa shape index (κ1) is 21.7. The van der Waals surface area contributed by atoms with Crippen molar-refractivity contribution in [2.75, 3.05) is 13.2 Å². The standard InChI is InChI=1S/C18H30O4P2/c1-15(2)9-7-13-21-23(19)17-11-5-6-12-18(17)24(20)22-14-8-10-16(3)4/h5-6,11-12,15-16H,7-10,13-14H2,1-4H3. The normalized spacial score (nSPS) is 18.7. The summed E-state index contributed by atoms with van der Waals surface area (Å²) in [5, 5.41) is 0.976. The van der Waals surface area contributed by atoms with Crippen molar-refractivity contribution >= 4 is 26.6 Å². The average molecular weight is 372 g/mol. The fraction of sp³-hybridized carbons (Fsp3) is 0.667. The third-order valence-electron chi connectivity index (χ3n) is 3.54. The van der Waals surface area contributed by atoms with Gasteiger partial charge in [0.15, 0.2) is 0 Å². The summed E-state index contributed by atoms with van der Waals surface area (Å²) in [5.41, 5.74) is 0. The van der Waals surface area contributed by atoms with E-state index in [1.807, 2.05) is 0 Å². The van der Waals surface area contributed by atoms with Crippen LogP contribution in [0.1, 0.15) is 53.4 Å². The summed E-state index contributed by atoms with van der Waals surface area (Å²) in [5.74, 6) is 1.21. The molecule has 1 aliphatic rings. The number of hydrogen-bond donors (Lipinski definition) is 0. The predicted octanol–water partition coefficient (Wildman–Crippen LogP) is 3.71. The Morgan fingerprint density at radius 1 is 0.792 bits per heavy atom. The zero-order valence-corrected chi connectivity index (χ0v) is 17.0. The Balaban J connectivity index is 2.65. The SMILES string of the molecule is CC(C)CCCO[P+]([O-])=C1C=CC=CC1=[P+]([O-])OCCCC(C)C. The topological polar surface area (TPSA) is 64.6 Å². The monoisotopic (exact) mass is 372 g/mol. The highest BCUT2D eigenvalue weighted by molar-refractivity contribution is 7.59. The second-order valence-corrected chi connectivity index (χ2v) is 9.25. The molecule has 0 aliphatic heterocycles. The Bertz CT molecular complexity index is 459. The van der Waals surface area contributed by atoms with Gasteiger partial charge in [0.25, 0.3) is 0 Å². The smallest absolute Gasteiger partial charge is 0.233 e. The van der Waals surface area contributed by atoms with Gasteiger partial charge in [-0.3, -0.25) is 0 Å². The lowest BCUT2D eigenvalue weighted by molar-refractivity contribution is -0.173. The van der Waals surface area contributed by atoms with E-state index in [2.05, 4.69) is 27.7 Å². The summed E-state index contributed by atoms with van der Waals surface area (Å²) < 4.78 is 10.9. The lowest BCUT2D eigenvalue weighted by atomic mass is 10.1. The van der Waals surface area contributed by atoms with Gasteiger partial charge in [0.2, 0.25) is 26.6 Å². The molecular formula is C18H30O4P2. The van der Waals surface area contributed by atoms with Crippen LogP contribution in [0.3, 0.4) is 0 Å². The summed E-state index contributed by atoms with van der Waals surface area (Å²) in [4.78, 5) is 24.8. The third-order valence-corrected chi connectivity index (χ3v) is 6.12. The molecule has 2 unspecified atom stereocenters. The van der Waals surface area contributed by atoms with Gasteiger partial charge in [0, 0.05) is 0 Å². The van der Waals surface area contributed by atoms with E-state index in [0.717, 1.165) is 25.7 Å². The van der Waals surface area contributed by atoms with Gasteiger partial charge < -0.3 is 9.79 Å². The minimum Gasteiger partial charge on any atom is -0.602 e. The first-order valence-electron chi connectivity index (χ1n) is 8.71. The Kier molecular flexibility index (Phi) is 10.9. The van der Waals surface area contributed by atoms with Crippen LogP contribution in [-0.4, -0.2) is 23.8 Å². The van der Waals surface area contributed by atoms with E-state index < -0.39 is 16.0 Å². The maximum atomic E-state index is 12.4. The zero-order valence-electron chi connectivity index (χ0n) is 15.2. The van der Waals surface area contributed by atoms with E-state index in [-0.39, 0.29) is 0 Å². The van der Waals surface area contributed by atoms with Gasteiger partial charge in [-0.05, 0) is 49.7 Å². The molecule has 0 N–H and O–H groups in total. The fourth-order valence-electron chi connectivity index (χ4n) is 2.19. The molecule has 0 aromatic rings. The number of rotatable bonds is 10. The molecule has 0 bridgehead atoms. The van der Waals surface area contributed by atoms with Crippen LogP contribution in [-0.2, 0) is 9.05 Å². The molecule has 0 spiro atoms. The summed E-state index contributed by atoms with van der Waals surface area (Å²) in [6, 6.07) is 0. The summed E-state index contributed by atoms with van der Waals surface area (Å²) in [6.45, 7) is 9.50. The summed E-state index contributed by atoms with van der Waals surface area (Å²) in [6.07, 6.45) is 10.8. The highest BCUT2D eigenvalue weighted by Gasteiger charge is 2.24. The molecule has 0 aromatic carbocycles. The third kappa shape index (κ3) is 8.67. The quantitative estimate of drug-likeness (QED) is 0.433. The molecule has 136 valence electrons. The van der Waals surface area contributed by atoms with Crippen LogP contribution >= 0.6 is 16.0 Å². The van der Waals surface area contributed by atoms with Gasteiger partial charge in [-0.2, -0.15) is 9.05 Å². The molecule has 6 heteroatoms. The molecule has 0 saturated heterocycles. The molecule has 0 amide bonds. The Morgan fingerprint density at radius 2 is 1.17 bits per heavy atom. The van der Waals surface area contributed by atoms with E-state index in [1.54, 1.807) is 24.3 Å². The first-order chi connectivity index (χ1) is 11.4. The van der Waals surface area contributed by atoms with Crippen molar-refractivity contribution < 1.29 is 18.8 Å². The van der Waals surface area contributed by atoms with Crippen molar-refractivity contribution in [1.29, 1.82) is 0 Å². The van der Waals surface area contributed by atoms with Gasteiger partial charge >= 0.3 is 0 Å². The zero-order chi connectivity index (χ0) is 17.9. The molecular weight excluding hydrogens is 342 g/mol. The lowest BCUT2D eigenvalue weighted by Crippen LogP contribution is -2.17. The molecule has 0 fully saturated rings. The van der Waals surface area contributed by atoms with Gasteiger partial charge in [0.1, 0.15) is 0 Å². The van der Waals surface area contributed by atoms with E-state index >= 15 is 0 Å². The van der Waals surface area contributed by atoms with Gasteiger partial charge in [-0.25, -0.2) is 0 Å². The first-order valence-corrected chi connectivity index (χ1v) is 11.1. The summed E-state index contributed by atoms with van der Waals surface area (Å²) in [7, 11) is -4.00.